The van der Waals surface area contributed by atoms with Crippen LogP contribution in [0.15, 0.2) is 23.1 Å². The zero-order chi connectivity index (χ0) is 14.7. The normalized spacial score (nSPS) is 26.2. The minimum atomic E-state index is -0.946. The van der Waals surface area contributed by atoms with Crippen molar-refractivity contribution < 1.29 is 19.4 Å². The maximum Gasteiger partial charge on any atom is 0.340 e. The minimum Gasteiger partial charge on any atom is -0.489 e. The summed E-state index contributed by atoms with van der Waals surface area (Å²) < 4.78 is 11.6. The molecule has 1 aromatic rings. The van der Waals surface area contributed by atoms with Crippen LogP contribution in [0.25, 0.3) is 0 Å². The quantitative estimate of drug-likeness (QED) is 0.863. The van der Waals surface area contributed by atoms with Gasteiger partial charge in [-0.2, -0.15) is 0 Å². The fourth-order valence-corrected chi connectivity index (χ4v) is 3.22. The largest absolute Gasteiger partial charge is 0.489 e. The van der Waals surface area contributed by atoms with E-state index < -0.39 is 5.97 Å². The third-order valence-corrected chi connectivity index (χ3v) is 4.15. The van der Waals surface area contributed by atoms with Gasteiger partial charge in [-0.05, 0) is 32.2 Å². The Labute approximate surface area is 123 Å². The fourth-order valence-electron chi connectivity index (χ4n) is 2.61. The molecule has 0 aromatic heterocycles. The first-order chi connectivity index (χ1) is 9.51. The van der Waals surface area contributed by atoms with Crippen molar-refractivity contribution in [3.8, 4) is 5.75 Å². The SMILES string of the molecule is CSc1cccc(OC2CC(C)OC(C)C2)c1C(=O)O. The van der Waals surface area contributed by atoms with Crippen molar-refractivity contribution in [2.75, 3.05) is 6.26 Å². The van der Waals surface area contributed by atoms with Crippen LogP contribution in [0.1, 0.15) is 37.0 Å². The molecule has 1 N–H and O–H groups in total. The van der Waals surface area contributed by atoms with E-state index in [1.54, 1.807) is 12.1 Å². The lowest BCUT2D eigenvalue weighted by molar-refractivity contribution is -0.0722. The third kappa shape index (κ3) is 3.46. The van der Waals surface area contributed by atoms with Crippen LogP contribution in [-0.4, -0.2) is 35.6 Å². The van der Waals surface area contributed by atoms with Gasteiger partial charge in [-0.15, -0.1) is 11.8 Å². The molecule has 2 unspecified atom stereocenters. The van der Waals surface area contributed by atoms with Crippen molar-refractivity contribution in [2.45, 2.75) is 49.9 Å². The van der Waals surface area contributed by atoms with Gasteiger partial charge in [0.05, 0.1) is 12.2 Å². The summed E-state index contributed by atoms with van der Waals surface area (Å²) in [4.78, 5) is 12.2. The van der Waals surface area contributed by atoms with Gasteiger partial charge in [0.1, 0.15) is 17.4 Å². The van der Waals surface area contributed by atoms with Gasteiger partial charge in [-0.1, -0.05) is 6.07 Å². The van der Waals surface area contributed by atoms with E-state index in [9.17, 15) is 9.90 Å². The van der Waals surface area contributed by atoms with E-state index in [-0.39, 0.29) is 23.9 Å². The molecule has 1 saturated heterocycles. The Morgan fingerprint density at radius 1 is 1.35 bits per heavy atom. The Hall–Kier alpha value is -1.20. The first-order valence-corrected chi connectivity index (χ1v) is 7.96. The van der Waals surface area contributed by atoms with E-state index in [1.807, 2.05) is 26.2 Å². The van der Waals surface area contributed by atoms with Crippen molar-refractivity contribution in [1.82, 2.24) is 0 Å². The van der Waals surface area contributed by atoms with Crippen LogP contribution in [0.3, 0.4) is 0 Å². The van der Waals surface area contributed by atoms with Crippen molar-refractivity contribution in [1.29, 1.82) is 0 Å². The second kappa shape index (κ2) is 6.50. The number of aromatic carboxylic acids is 1. The molecule has 2 atom stereocenters. The molecule has 20 heavy (non-hydrogen) atoms. The molecule has 2 rings (SSSR count). The average molecular weight is 296 g/mol. The van der Waals surface area contributed by atoms with Gasteiger partial charge in [0.25, 0.3) is 0 Å². The van der Waals surface area contributed by atoms with Gasteiger partial charge in [0.15, 0.2) is 0 Å². The third-order valence-electron chi connectivity index (χ3n) is 3.37. The highest BCUT2D eigenvalue weighted by atomic mass is 32.2. The number of ether oxygens (including phenoxy) is 2. The predicted molar refractivity (Wildman–Crippen MR) is 78.8 cm³/mol. The van der Waals surface area contributed by atoms with Crippen molar-refractivity contribution in [2.24, 2.45) is 0 Å². The van der Waals surface area contributed by atoms with Crippen molar-refractivity contribution in [3.05, 3.63) is 23.8 Å². The van der Waals surface area contributed by atoms with Gasteiger partial charge in [0, 0.05) is 17.7 Å². The summed E-state index contributed by atoms with van der Waals surface area (Å²) in [6.45, 7) is 4.03. The number of hydrogen-bond donors (Lipinski definition) is 1. The number of carboxylic acids is 1. The number of benzene rings is 1. The second-order valence-electron chi connectivity index (χ2n) is 5.11. The molecule has 5 heteroatoms. The maximum atomic E-state index is 11.5. The van der Waals surface area contributed by atoms with E-state index >= 15 is 0 Å². The van der Waals surface area contributed by atoms with Crippen LogP contribution in [0.5, 0.6) is 5.75 Å². The molecule has 0 spiro atoms. The molecule has 0 amide bonds. The summed E-state index contributed by atoms with van der Waals surface area (Å²) in [6, 6.07) is 5.37. The Morgan fingerprint density at radius 3 is 2.55 bits per heavy atom. The molecule has 1 aliphatic heterocycles. The summed E-state index contributed by atoms with van der Waals surface area (Å²) in [6.07, 6.45) is 3.72. The number of thioether (sulfide) groups is 1. The molecule has 0 aliphatic carbocycles. The lowest BCUT2D eigenvalue weighted by Crippen LogP contribution is -2.36. The standard InChI is InChI=1S/C15H20O4S/c1-9-7-11(8-10(2)18-9)19-12-5-4-6-13(20-3)14(12)15(16)17/h4-6,9-11H,7-8H2,1-3H3,(H,16,17). The maximum absolute atomic E-state index is 11.5. The molecular weight excluding hydrogens is 276 g/mol. The van der Waals surface area contributed by atoms with Crippen LogP contribution in [-0.2, 0) is 4.74 Å². The zero-order valence-electron chi connectivity index (χ0n) is 12.0. The molecular formula is C15H20O4S. The highest BCUT2D eigenvalue weighted by Crippen LogP contribution is 2.32. The van der Waals surface area contributed by atoms with E-state index in [2.05, 4.69) is 0 Å². The molecule has 1 aliphatic rings. The molecule has 1 heterocycles. The number of hydrogen-bond acceptors (Lipinski definition) is 4. The van der Waals surface area contributed by atoms with E-state index in [0.29, 0.717) is 5.75 Å². The lowest BCUT2D eigenvalue weighted by atomic mass is 10.0. The summed E-state index contributed by atoms with van der Waals surface area (Å²) in [7, 11) is 0. The van der Waals surface area contributed by atoms with Gasteiger partial charge in [0.2, 0.25) is 0 Å². The smallest absolute Gasteiger partial charge is 0.340 e. The molecule has 4 nitrogen and oxygen atoms in total. The summed E-state index contributed by atoms with van der Waals surface area (Å²) in [5.74, 6) is -0.492. The molecule has 0 radical (unpaired) electrons. The fraction of sp³-hybridized carbons (Fsp3) is 0.533. The first-order valence-electron chi connectivity index (χ1n) is 6.73. The van der Waals surface area contributed by atoms with Gasteiger partial charge >= 0.3 is 5.97 Å². The van der Waals surface area contributed by atoms with Crippen LogP contribution >= 0.6 is 11.8 Å². The first kappa shape index (κ1) is 15.2. The predicted octanol–water partition coefficient (Wildman–Crippen LogP) is 3.44. The molecule has 0 bridgehead atoms. The second-order valence-corrected chi connectivity index (χ2v) is 5.96. The van der Waals surface area contributed by atoms with Crippen LogP contribution in [0, 0.1) is 0 Å². The van der Waals surface area contributed by atoms with E-state index in [0.717, 1.165) is 17.7 Å². The molecule has 1 fully saturated rings. The highest BCUT2D eigenvalue weighted by molar-refractivity contribution is 7.98. The summed E-state index contributed by atoms with van der Waals surface area (Å²) in [5.41, 5.74) is 0.256. The van der Waals surface area contributed by atoms with Gasteiger partial charge in [-0.3, -0.25) is 0 Å². The minimum absolute atomic E-state index is 0.00366. The highest BCUT2D eigenvalue weighted by Gasteiger charge is 2.27. The lowest BCUT2D eigenvalue weighted by Gasteiger charge is -2.32. The summed E-state index contributed by atoms with van der Waals surface area (Å²) >= 11 is 1.42. The molecule has 110 valence electrons. The number of carbonyl (C=O) groups is 1. The molecule has 0 saturated carbocycles. The topological polar surface area (TPSA) is 55.8 Å². The van der Waals surface area contributed by atoms with Gasteiger partial charge < -0.3 is 14.6 Å². The van der Waals surface area contributed by atoms with Crippen LogP contribution < -0.4 is 4.74 Å². The Bertz CT molecular complexity index is 479. The van der Waals surface area contributed by atoms with Crippen molar-refractivity contribution in [3.63, 3.8) is 0 Å². The van der Waals surface area contributed by atoms with Gasteiger partial charge in [-0.25, -0.2) is 4.79 Å². The van der Waals surface area contributed by atoms with Crippen LogP contribution in [0.4, 0.5) is 0 Å². The Morgan fingerprint density at radius 2 is 2.00 bits per heavy atom. The van der Waals surface area contributed by atoms with E-state index in [4.69, 9.17) is 9.47 Å². The number of rotatable bonds is 4. The average Bonchev–Trinajstić information content (AvgIpc) is 2.36. The van der Waals surface area contributed by atoms with E-state index in [1.165, 1.54) is 11.8 Å². The monoisotopic (exact) mass is 296 g/mol. The van der Waals surface area contributed by atoms with Crippen molar-refractivity contribution >= 4 is 17.7 Å². The molecule has 1 aromatic carbocycles. The number of carboxylic acid groups (broad SMARTS) is 1. The zero-order valence-corrected chi connectivity index (χ0v) is 12.8. The summed E-state index contributed by atoms with van der Waals surface area (Å²) in [5, 5.41) is 9.39. The van der Waals surface area contributed by atoms with Crippen LogP contribution in [0.2, 0.25) is 0 Å². The Balaban J connectivity index is 2.22. The Kier molecular flexibility index (Phi) is 4.94.